The third-order valence-electron chi connectivity index (χ3n) is 7.23. The standard InChI is InChI=1S/C20H39N3O14/c1-5(27)20(4-26)16(31)13(30)10(23)19(37-20)36-15-7(3-25)34-18(9(22)12(15)29)35-14-6(2-24)33-17(32)8(21)11(14)28/h5-19,24-32H,2-4,21-23H2,1H3/t5?,6-,7-,8-,9-,10-,11-,12-,13-,14?,15?,16+,17-,18+,19+,20-/m1/s1. The Hall–Kier alpha value is -0.680. The van der Waals surface area contributed by atoms with Gasteiger partial charge in [-0.1, -0.05) is 0 Å². The van der Waals surface area contributed by atoms with Crippen molar-refractivity contribution in [2.45, 2.75) is 104 Å². The second-order valence-electron chi connectivity index (χ2n) is 9.60. The van der Waals surface area contributed by atoms with Crippen molar-refractivity contribution in [3.8, 4) is 0 Å². The van der Waals surface area contributed by atoms with Crippen LogP contribution in [0.15, 0.2) is 0 Å². The van der Waals surface area contributed by atoms with Crippen LogP contribution in [0.3, 0.4) is 0 Å². The topological polar surface area (TPSA) is 306 Å². The van der Waals surface area contributed by atoms with E-state index in [0.29, 0.717) is 0 Å². The summed E-state index contributed by atoms with van der Waals surface area (Å²) in [5.74, 6) is 0. The molecule has 218 valence electrons. The second kappa shape index (κ2) is 12.2. The molecular weight excluding hydrogens is 506 g/mol. The van der Waals surface area contributed by atoms with Gasteiger partial charge in [-0.3, -0.25) is 0 Å². The quantitative estimate of drug-likeness (QED) is 0.135. The Balaban J connectivity index is 1.77. The van der Waals surface area contributed by atoms with Gasteiger partial charge >= 0.3 is 0 Å². The lowest BCUT2D eigenvalue weighted by molar-refractivity contribution is -0.368. The van der Waals surface area contributed by atoms with Gasteiger partial charge in [0.15, 0.2) is 18.9 Å². The van der Waals surface area contributed by atoms with E-state index in [2.05, 4.69) is 0 Å². The number of hydrogen-bond acceptors (Lipinski definition) is 17. The molecule has 17 nitrogen and oxygen atoms in total. The zero-order chi connectivity index (χ0) is 27.8. The van der Waals surface area contributed by atoms with E-state index in [4.69, 9.17) is 40.9 Å². The van der Waals surface area contributed by atoms with Crippen LogP contribution >= 0.6 is 0 Å². The second-order valence-corrected chi connectivity index (χ2v) is 9.60. The van der Waals surface area contributed by atoms with Gasteiger partial charge in [0.2, 0.25) is 0 Å². The van der Waals surface area contributed by atoms with Crippen molar-refractivity contribution in [1.29, 1.82) is 0 Å². The average molecular weight is 546 g/mol. The van der Waals surface area contributed by atoms with Crippen molar-refractivity contribution in [2.75, 3.05) is 19.8 Å². The third-order valence-corrected chi connectivity index (χ3v) is 7.23. The first-order valence-electron chi connectivity index (χ1n) is 11.8. The molecule has 17 heteroatoms. The zero-order valence-electron chi connectivity index (χ0n) is 20.1. The SMILES string of the molecule is CC(O)[C@@]1(CO)O[C@H](OC2[C@@H](CO)O[C@@H](OC3[C@@H](CO)O[C@@H](O)[C@H](N)[C@H]3O)[C@H](N)[C@H]2O)[C@H](N)[C@@H](O)[C@@H]1O. The van der Waals surface area contributed by atoms with Crippen LogP contribution in [-0.2, 0) is 23.7 Å². The normalized spacial score (nSPS) is 52.1. The summed E-state index contributed by atoms with van der Waals surface area (Å²) in [5, 5.41) is 91.3. The summed E-state index contributed by atoms with van der Waals surface area (Å²) in [5.41, 5.74) is 15.6. The van der Waals surface area contributed by atoms with Crippen LogP contribution in [0.2, 0.25) is 0 Å². The Morgan fingerprint density at radius 3 is 1.76 bits per heavy atom. The molecule has 0 aromatic heterocycles. The number of hydrogen-bond donors (Lipinski definition) is 12. The highest BCUT2D eigenvalue weighted by Gasteiger charge is 2.57. The molecule has 15 N–H and O–H groups in total. The molecule has 0 spiro atoms. The molecule has 3 unspecified atom stereocenters. The summed E-state index contributed by atoms with van der Waals surface area (Å²) in [6, 6.07) is -4.11. The van der Waals surface area contributed by atoms with Crippen LogP contribution in [0.4, 0.5) is 0 Å². The lowest BCUT2D eigenvalue weighted by Crippen LogP contribution is -2.73. The van der Waals surface area contributed by atoms with E-state index in [0.717, 1.165) is 0 Å². The van der Waals surface area contributed by atoms with E-state index in [1.807, 2.05) is 0 Å². The van der Waals surface area contributed by atoms with Gasteiger partial charge < -0.3 is 86.8 Å². The minimum atomic E-state index is -2.08. The molecule has 3 saturated heterocycles. The molecule has 3 heterocycles. The van der Waals surface area contributed by atoms with E-state index in [9.17, 15) is 46.0 Å². The maximum atomic E-state index is 10.9. The van der Waals surface area contributed by atoms with Crippen LogP contribution < -0.4 is 17.2 Å². The van der Waals surface area contributed by atoms with Crippen LogP contribution in [0.1, 0.15) is 6.92 Å². The molecule has 3 aliphatic rings. The molecule has 16 atom stereocenters. The maximum absolute atomic E-state index is 10.9. The summed E-state index contributed by atoms with van der Waals surface area (Å²) in [6.07, 6.45) is -18.2. The smallest absolute Gasteiger partial charge is 0.176 e. The predicted octanol–water partition coefficient (Wildman–Crippen LogP) is -7.92. The van der Waals surface area contributed by atoms with Crippen LogP contribution in [-0.4, -0.2) is 163 Å². The predicted molar refractivity (Wildman–Crippen MR) is 118 cm³/mol. The molecule has 3 aliphatic heterocycles. The van der Waals surface area contributed by atoms with Gasteiger partial charge in [0.25, 0.3) is 0 Å². The number of rotatable bonds is 8. The third kappa shape index (κ3) is 5.65. The van der Waals surface area contributed by atoms with Gasteiger partial charge in [0, 0.05) is 0 Å². The first-order valence-corrected chi connectivity index (χ1v) is 11.8. The monoisotopic (exact) mass is 545 g/mol. The van der Waals surface area contributed by atoms with Crippen LogP contribution in [0.25, 0.3) is 0 Å². The lowest BCUT2D eigenvalue weighted by Gasteiger charge is -2.52. The Labute approximate surface area is 211 Å². The molecule has 3 fully saturated rings. The van der Waals surface area contributed by atoms with Crippen LogP contribution in [0, 0.1) is 0 Å². The molecule has 37 heavy (non-hydrogen) atoms. The van der Waals surface area contributed by atoms with Gasteiger partial charge in [-0.2, -0.15) is 0 Å². The Kier molecular flexibility index (Phi) is 10.2. The van der Waals surface area contributed by atoms with Crippen molar-refractivity contribution in [3.63, 3.8) is 0 Å². The van der Waals surface area contributed by atoms with Gasteiger partial charge in [-0.25, -0.2) is 0 Å². The van der Waals surface area contributed by atoms with Gasteiger partial charge in [-0.15, -0.1) is 0 Å². The molecule has 0 radical (unpaired) electrons. The summed E-state index contributed by atoms with van der Waals surface area (Å²) in [4.78, 5) is 0. The summed E-state index contributed by atoms with van der Waals surface area (Å²) >= 11 is 0. The summed E-state index contributed by atoms with van der Waals surface area (Å²) in [6.45, 7) is -1.14. The Bertz CT molecular complexity index is 736. The largest absolute Gasteiger partial charge is 0.394 e. The van der Waals surface area contributed by atoms with E-state index >= 15 is 0 Å². The highest BCUT2D eigenvalue weighted by atomic mass is 16.7. The fourth-order valence-electron chi connectivity index (χ4n) is 4.71. The first kappa shape index (κ1) is 30.9. The number of aliphatic hydroxyl groups excluding tert-OH is 9. The van der Waals surface area contributed by atoms with E-state index in [1.165, 1.54) is 6.92 Å². The number of ether oxygens (including phenoxy) is 5. The molecule has 0 saturated carbocycles. The van der Waals surface area contributed by atoms with Crippen LogP contribution in [0.5, 0.6) is 0 Å². The maximum Gasteiger partial charge on any atom is 0.176 e. The molecule has 0 aliphatic carbocycles. The number of aliphatic hydroxyl groups is 9. The Morgan fingerprint density at radius 1 is 0.757 bits per heavy atom. The highest BCUT2D eigenvalue weighted by Crippen LogP contribution is 2.35. The van der Waals surface area contributed by atoms with Crippen molar-refractivity contribution in [1.82, 2.24) is 0 Å². The average Bonchev–Trinajstić information content (AvgIpc) is 2.88. The fourth-order valence-corrected chi connectivity index (χ4v) is 4.71. The van der Waals surface area contributed by atoms with E-state index in [-0.39, 0.29) is 0 Å². The minimum Gasteiger partial charge on any atom is -0.394 e. The van der Waals surface area contributed by atoms with Crippen molar-refractivity contribution < 1.29 is 69.6 Å². The Morgan fingerprint density at radius 2 is 1.24 bits per heavy atom. The van der Waals surface area contributed by atoms with Crippen molar-refractivity contribution in [3.05, 3.63) is 0 Å². The summed E-state index contributed by atoms with van der Waals surface area (Å²) in [7, 11) is 0. The molecule has 3 rings (SSSR count). The van der Waals surface area contributed by atoms with E-state index in [1.54, 1.807) is 0 Å². The molecule has 0 aromatic carbocycles. The molecule has 0 bridgehead atoms. The minimum absolute atomic E-state index is 0.674. The van der Waals surface area contributed by atoms with Crippen molar-refractivity contribution in [2.24, 2.45) is 17.2 Å². The van der Waals surface area contributed by atoms with Gasteiger partial charge in [0.05, 0.1) is 44.1 Å². The molecule has 0 amide bonds. The van der Waals surface area contributed by atoms with Gasteiger partial charge in [-0.05, 0) is 6.92 Å². The zero-order valence-corrected chi connectivity index (χ0v) is 20.1. The first-order chi connectivity index (χ1) is 17.3. The van der Waals surface area contributed by atoms with E-state index < -0.39 is 117 Å². The lowest BCUT2D eigenvalue weighted by atomic mass is 9.82. The fraction of sp³-hybridized carbons (Fsp3) is 1.00. The summed E-state index contributed by atoms with van der Waals surface area (Å²) < 4.78 is 27.7. The van der Waals surface area contributed by atoms with Gasteiger partial charge in [0.1, 0.15) is 54.4 Å². The van der Waals surface area contributed by atoms with Crippen molar-refractivity contribution >= 4 is 0 Å². The molecular formula is C20H39N3O14. The number of nitrogens with two attached hydrogens (primary N) is 3. The molecule has 0 aromatic rings. The highest BCUT2D eigenvalue weighted by molar-refractivity contribution is 5.05.